The van der Waals surface area contributed by atoms with Crippen LogP contribution in [0.2, 0.25) is 10.0 Å². The summed E-state index contributed by atoms with van der Waals surface area (Å²) in [5.74, 6) is -3.16. The summed E-state index contributed by atoms with van der Waals surface area (Å²) in [6, 6.07) is 4.79. The van der Waals surface area contributed by atoms with Gasteiger partial charge in [-0.1, -0.05) is 29.3 Å². The number of rotatable bonds is 3. The van der Waals surface area contributed by atoms with Gasteiger partial charge in [0.15, 0.2) is 5.78 Å². The first-order chi connectivity index (χ1) is 8.39. The Kier molecular flexibility index (Phi) is 3.93. The van der Waals surface area contributed by atoms with Crippen LogP contribution >= 0.6 is 23.2 Å². The fourth-order valence-corrected chi connectivity index (χ4v) is 2.95. The van der Waals surface area contributed by atoms with Crippen molar-refractivity contribution in [2.45, 2.75) is 31.6 Å². The number of carbonyl (C=O) groups excluding carboxylic acids is 1. The van der Waals surface area contributed by atoms with Crippen molar-refractivity contribution in [3.8, 4) is 0 Å². The lowest BCUT2D eigenvalue weighted by Gasteiger charge is -2.11. The molecule has 1 aliphatic carbocycles. The summed E-state index contributed by atoms with van der Waals surface area (Å²) in [6.45, 7) is 0. The second-order valence-electron chi connectivity index (χ2n) is 4.69. The van der Waals surface area contributed by atoms with Crippen molar-refractivity contribution in [3.05, 3.63) is 33.8 Å². The monoisotopic (exact) mass is 292 g/mol. The lowest BCUT2D eigenvalue weighted by Crippen LogP contribution is -2.12. The van der Waals surface area contributed by atoms with Crippen molar-refractivity contribution < 1.29 is 13.6 Å². The maximum Gasteiger partial charge on any atom is 0.248 e. The number of ketones is 1. The molecule has 1 saturated carbocycles. The zero-order valence-corrected chi connectivity index (χ0v) is 11.1. The summed E-state index contributed by atoms with van der Waals surface area (Å²) >= 11 is 11.8. The molecule has 0 radical (unpaired) electrons. The summed E-state index contributed by atoms with van der Waals surface area (Å²) in [6.07, 6.45) is 0.0991. The third-order valence-electron chi connectivity index (χ3n) is 3.22. The summed E-state index contributed by atoms with van der Waals surface area (Å²) in [4.78, 5) is 12.0. The van der Waals surface area contributed by atoms with Gasteiger partial charge < -0.3 is 0 Å². The highest BCUT2D eigenvalue weighted by Gasteiger charge is 2.40. The summed E-state index contributed by atoms with van der Waals surface area (Å²) in [5.41, 5.74) is 0.246. The van der Waals surface area contributed by atoms with Crippen LogP contribution in [0.4, 0.5) is 8.78 Å². The Bertz CT molecular complexity index is 454. The van der Waals surface area contributed by atoms with Gasteiger partial charge in [0.1, 0.15) is 0 Å². The van der Waals surface area contributed by atoms with Crippen molar-refractivity contribution in [3.63, 3.8) is 0 Å². The van der Waals surface area contributed by atoms with Gasteiger partial charge in [-0.05, 0) is 24.5 Å². The predicted octanol–water partition coefficient (Wildman–Crippen LogP) is 5.00. The van der Waals surface area contributed by atoms with E-state index < -0.39 is 5.92 Å². The smallest absolute Gasteiger partial charge is 0.248 e. The SMILES string of the molecule is O=C(CC1CCC(F)(F)C1)c1c(Cl)cccc1Cl. The molecule has 1 aliphatic rings. The summed E-state index contributed by atoms with van der Waals surface area (Å²) < 4.78 is 26.1. The number of halogens is 4. The van der Waals surface area contributed by atoms with Crippen LogP contribution in [0, 0.1) is 5.92 Å². The summed E-state index contributed by atoms with van der Waals surface area (Å²) in [5, 5.41) is 0.550. The first-order valence-corrected chi connectivity index (χ1v) is 6.50. The maximum atomic E-state index is 13.0. The first-order valence-electron chi connectivity index (χ1n) is 5.74. The zero-order valence-electron chi connectivity index (χ0n) is 9.56. The maximum absolute atomic E-state index is 13.0. The topological polar surface area (TPSA) is 17.1 Å². The van der Waals surface area contributed by atoms with Crippen LogP contribution in [0.15, 0.2) is 18.2 Å². The molecule has 1 unspecified atom stereocenters. The second kappa shape index (κ2) is 5.14. The molecular weight excluding hydrogens is 281 g/mol. The minimum absolute atomic E-state index is 0.0824. The van der Waals surface area contributed by atoms with E-state index in [1.807, 2.05) is 0 Å². The van der Waals surface area contributed by atoms with E-state index in [1.165, 1.54) is 0 Å². The summed E-state index contributed by atoms with van der Waals surface area (Å²) in [7, 11) is 0. The molecule has 1 aromatic carbocycles. The highest BCUT2D eigenvalue weighted by atomic mass is 35.5. The highest BCUT2D eigenvalue weighted by molar-refractivity contribution is 6.39. The van der Waals surface area contributed by atoms with E-state index in [9.17, 15) is 13.6 Å². The largest absolute Gasteiger partial charge is 0.294 e. The zero-order chi connectivity index (χ0) is 13.3. The second-order valence-corrected chi connectivity index (χ2v) is 5.50. The highest BCUT2D eigenvalue weighted by Crippen LogP contribution is 2.41. The first kappa shape index (κ1) is 13.8. The molecule has 1 nitrogen and oxygen atoms in total. The molecule has 1 atom stereocenters. The lowest BCUT2D eigenvalue weighted by molar-refractivity contribution is 0.00497. The Balaban J connectivity index is 2.09. The molecule has 98 valence electrons. The molecule has 18 heavy (non-hydrogen) atoms. The van der Waals surface area contributed by atoms with Gasteiger partial charge in [0, 0.05) is 19.3 Å². The molecule has 1 fully saturated rings. The van der Waals surface area contributed by atoms with Crippen molar-refractivity contribution >= 4 is 29.0 Å². The molecule has 0 spiro atoms. The number of alkyl halides is 2. The Morgan fingerprint density at radius 3 is 2.44 bits per heavy atom. The van der Waals surface area contributed by atoms with Crippen molar-refractivity contribution in [1.82, 2.24) is 0 Å². The van der Waals surface area contributed by atoms with Crippen LogP contribution in [0.1, 0.15) is 36.0 Å². The van der Waals surface area contributed by atoms with E-state index >= 15 is 0 Å². The number of hydrogen-bond acceptors (Lipinski definition) is 1. The normalized spacial score (nSPS) is 22.1. The minimum atomic E-state index is -2.63. The van der Waals surface area contributed by atoms with Gasteiger partial charge in [-0.15, -0.1) is 0 Å². The van der Waals surface area contributed by atoms with Crippen molar-refractivity contribution in [1.29, 1.82) is 0 Å². The van der Waals surface area contributed by atoms with Gasteiger partial charge >= 0.3 is 0 Å². The van der Waals surface area contributed by atoms with Gasteiger partial charge in [0.2, 0.25) is 5.92 Å². The molecule has 0 aliphatic heterocycles. The molecule has 5 heteroatoms. The van der Waals surface area contributed by atoms with Crippen LogP contribution in [0.3, 0.4) is 0 Å². The quantitative estimate of drug-likeness (QED) is 0.717. The van der Waals surface area contributed by atoms with Crippen LogP contribution in [-0.4, -0.2) is 11.7 Å². The molecule has 0 saturated heterocycles. The average Bonchev–Trinajstić information content (AvgIpc) is 2.57. The molecule has 0 N–H and O–H groups in total. The van der Waals surface area contributed by atoms with Crippen LogP contribution in [0.25, 0.3) is 0 Å². The molecular formula is C13H12Cl2F2O. The van der Waals surface area contributed by atoms with E-state index in [0.29, 0.717) is 6.42 Å². The lowest BCUT2D eigenvalue weighted by atomic mass is 9.97. The van der Waals surface area contributed by atoms with E-state index in [0.717, 1.165) is 0 Å². The van der Waals surface area contributed by atoms with E-state index in [1.54, 1.807) is 18.2 Å². The van der Waals surface area contributed by atoms with Crippen molar-refractivity contribution in [2.24, 2.45) is 5.92 Å². The Morgan fingerprint density at radius 2 is 1.94 bits per heavy atom. The molecule has 1 aromatic rings. The number of carbonyl (C=O) groups is 1. The number of benzene rings is 1. The van der Waals surface area contributed by atoms with Gasteiger partial charge in [0.25, 0.3) is 0 Å². The standard InChI is InChI=1S/C13H12Cl2F2O/c14-9-2-1-3-10(15)12(9)11(18)6-8-4-5-13(16,17)7-8/h1-3,8H,4-7H2. The third kappa shape index (κ3) is 3.01. The van der Waals surface area contributed by atoms with E-state index in [4.69, 9.17) is 23.2 Å². The van der Waals surface area contributed by atoms with Gasteiger partial charge in [-0.3, -0.25) is 4.79 Å². The van der Waals surface area contributed by atoms with Gasteiger partial charge in [-0.2, -0.15) is 0 Å². The Labute approximate surface area is 114 Å². The van der Waals surface area contributed by atoms with Gasteiger partial charge in [0.05, 0.1) is 15.6 Å². The molecule has 0 amide bonds. The Hall–Kier alpha value is -0.670. The fourth-order valence-electron chi connectivity index (χ4n) is 2.34. The Morgan fingerprint density at radius 1 is 1.33 bits per heavy atom. The van der Waals surface area contributed by atoms with E-state index in [-0.39, 0.29) is 46.6 Å². The molecule has 0 bridgehead atoms. The average molecular weight is 293 g/mol. The molecule has 2 rings (SSSR count). The minimum Gasteiger partial charge on any atom is -0.294 e. The van der Waals surface area contributed by atoms with Gasteiger partial charge in [-0.25, -0.2) is 8.78 Å². The molecule has 0 aromatic heterocycles. The predicted molar refractivity (Wildman–Crippen MR) is 67.7 cm³/mol. The number of Topliss-reactive ketones (excluding diaryl/α,β-unsaturated/α-hetero) is 1. The van der Waals surface area contributed by atoms with Crippen LogP contribution in [0.5, 0.6) is 0 Å². The fraction of sp³-hybridized carbons (Fsp3) is 0.462. The van der Waals surface area contributed by atoms with Crippen molar-refractivity contribution in [2.75, 3.05) is 0 Å². The van der Waals surface area contributed by atoms with E-state index in [2.05, 4.69) is 0 Å². The third-order valence-corrected chi connectivity index (χ3v) is 3.85. The number of hydrogen-bond donors (Lipinski definition) is 0. The van der Waals surface area contributed by atoms with Crippen LogP contribution < -0.4 is 0 Å². The van der Waals surface area contributed by atoms with Crippen LogP contribution in [-0.2, 0) is 0 Å². The molecule has 0 heterocycles.